The number of para-hydroxylation sites is 1. The average molecular weight is 445 g/mol. The summed E-state index contributed by atoms with van der Waals surface area (Å²) in [6.07, 6.45) is 1.48. The molecule has 2 N–H and O–H groups in total. The lowest BCUT2D eigenvalue weighted by molar-refractivity contribution is 0.102. The summed E-state index contributed by atoms with van der Waals surface area (Å²) in [5.74, 6) is -0.558. The van der Waals surface area contributed by atoms with Gasteiger partial charge < -0.3 is 5.32 Å². The van der Waals surface area contributed by atoms with Gasteiger partial charge in [0, 0.05) is 12.2 Å². The molecule has 0 fully saturated rings. The second-order valence-corrected chi connectivity index (χ2v) is 8.71. The minimum Gasteiger partial charge on any atom is -0.322 e. The van der Waals surface area contributed by atoms with Crippen LogP contribution in [0, 0.1) is 6.92 Å². The van der Waals surface area contributed by atoms with E-state index < -0.39 is 15.9 Å². The normalized spacial score (nSPS) is 11.3. The fourth-order valence-electron chi connectivity index (χ4n) is 2.83. The van der Waals surface area contributed by atoms with Crippen molar-refractivity contribution in [3.63, 3.8) is 0 Å². The van der Waals surface area contributed by atoms with Gasteiger partial charge in [0.15, 0.2) is 0 Å². The van der Waals surface area contributed by atoms with Crippen molar-refractivity contribution in [3.8, 4) is 5.69 Å². The van der Waals surface area contributed by atoms with Gasteiger partial charge in [0.2, 0.25) is 10.0 Å². The third-order valence-corrected chi connectivity index (χ3v) is 5.92. The van der Waals surface area contributed by atoms with E-state index in [4.69, 9.17) is 11.6 Å². The Morgan fingerprint density at radius 1 is 1.17 bits per heavy atom. The van der Waals surface area contributed by atoms with Crippen LogP contribution in [0.4, 0.5) is 5.69 Å². The van der Waals surface area contributed by atoms with Crippen molar-refractivity contribution < 1.29 is 13.2 Å². The van der Waals surface area contributed by atoms with E-state index in [1.807, 2.05) is 30.3 Å². The van der Waals surface area contributed by atoms with Crippen LogP contribution in [-0.4, -0.2) is 30.7 Å². The first-order valence-electron chi connectivity index (χ1n) is 9.10. The van der Waals surface area contributed by atoms with E-state index in [0.29, 0.717) is 16.9 Å². The lowest BCUT2D eigenvalue weighted by Gasteiger charge is -2.08. The Morgan fingerprint density at radius 2 is 1.83 bits per heavy atom. The number of nitrogens with zero attached hydrogens (tertiary/aromatic N) is 2. The first-order chi connectivity index (χ1) is 14.3. The first-order valence-corrected chi connectivity index (χ1v) is 11.1. The van der Waals surface area contributed by atoms with Crippen molar-refractivity contribution in [2.45, 2.75) is 12.7 Å². The molecule has 3 rings (SSSR count). The zero-order valence-corrected chi connectivity index (χ0v) is 17.9. The standard InChI is InChI=1S/C21H21ClN4O3S/c1-3-13-23-30(28,29)14-16-9-11-17(12-10-16)24-21(27)19-15(2)25-26(20(19)22)18-7-5-4-6-8-18/h3-12,23H,1,13-14H2,2H3,(H,24,27). The Kier molecular flexibility index (Phi) is 6.71. The topological polar surface area (TPSA) is 93.1 Å². The SMILES string of the molecule is C=CCNS(=O)(=O)Cc1ccc(NC(=O)c2c(C)nn(-c3ccccc3)c2Cl)cc1. The summed E-state index contributed by atoms with van der Waals surface area (Å²) in [6, 6.07) is 15.9. The van der Waals surface area contributed by atoms with E-state index in [1.165, 1.54) is 10.8 Å². The molecule has 156 valence electrons. The highest BCUT2D eigenvalue weighted by atomic mass is 35.5. The smallest absolute Gasteiger partial charge is 0.260 e. The van der Waals surface area contributed by atoms with Crippen molar-refractivity contribution in [2.24, 2.45) is 0 Å². The maximum atomic E-state index is 12.8. The third kappa shape index (κ3) is 5.15. The molecule has 30 heavy (non-hydrogen) atoms. The van der Waals surface area contributed by atoms with Crippen molar-refractivity contribution in [3.05, 3.63) is 89.2 Å². The molecule has 1 heterocycles. The number of benzene rings is 2. The summed E-state index contributed by atoms with van der Waals surface area (Å²) in [5, 5.41) is 7.35. The Balaban J connectivity index is 1.74. The molecular weight excluding hydrogens is 424 g/mol. The number of carbonyl (C=O) groups excluding carboxylic acids is 1. The summed E-state index contributed by atoms with van der Waals surface area (Å²) in [6.45, 7) is 5.37. The Hall–Kier alpha value is -2.94. The summed E-state index contributed by atoms with van der Waals surface area (Å²) >= 11 is 6.42. The molecule has 0 radical (unpaired) electrons. The summed E-state index contributed by atoms with van der Waals surface area (Å²) < 4.78 is 27.8. The number of hydrogen-bond donors (Lipinski definition) is 2. The van der Waals surface area contributed by atoms with Crippen LogP contribution in [0.3, 0.4) is 0 Å². The molecule has 0 bridgehead atoms. The summed E-state index contributed by atoms with van der Waals surface area (Å²) in [4.78, 5) is 12.8. The van der Waals surface area contributed by atoms with Gasteiger partial charge in [-0.3, -0.25) is 4.79 Å². The molecule has 0 saturated heterocycles. The van der Waals surface area contributed by atoms with Crippen LogP contribution in [0.15, 0.2) is 67.3 Å². The number of aryl methyl sites for hydroxylation is 1. The average Bonchev–Trinajstić information content (AvgIpc) is 3.02. The summed E-state index contributed by atoms with van der Waals surface area (Å²) in [7, 11) is -3.45. The van der Waals surface area contributed by atoms with Crippen LogP contribution >= 0.6 is 11.6 Å². The molecular formula is C21H21ClN4O3S. The molecule has 1 aromatic heterocycles. The number of anilines is 1. The lowest BCUT2D eigenvalue weighted by atomic mass is 10.2. The molecule has 0 spiro atoms. The van der Waals surface area contributed by atoms with E-state index in [0.717, 1.165) is 5.69 Å². The highest BCUT2D eigenvalue weighted by molar-refractivity contribution is 7.88. The molecule has 0 aliphatic heterocycles. The maximum Gasteiger partial charge on any atom is 0.260 e. The van der Waals surface area contributed by atoms with Gasteiger partial charge in [-0.2, -0.15) is 5.10 Å². The second-order valence-electron chi connectivity index (χ2n) is 6.55. The van der Waals surface area contributed by atoms with E-state index in [-0.39, 0.29) is 23.0 Å². The number of rotatable bonds is 8. The number of sulfonamides is 1. The highest BCUT2D eigenvalue weighted by Crippen LogP contribution is 2.24. The predicted molar refractivity (Wildman–Crippen MR) is 119 cm³/mol. The molecule has 0 aliphatic carbocycles. The van der Waals surface area contributed by atoms with Crippen LogP contribution in [0.2, 0.25) is 5.15 Å². The number of carbonyl (C=O) groups is 1. The Bertz CT molecular complexity index is 1160. The second kappa shape index (κ2) is 9.25. The first kappa shape index (κ1) is 21.8. The van der Waals surface area contributed by atoms with Crippen molar-refractivity contribution in [2.75, 3.05) is 11.9 Å². The molecule has 0 unspecified atom stereocenters. The molecule has 0 atom stereocenters. The summed E-state index contributed by atoms with van der Waals surface area (Å²) in [5.41, 5.74) is 2.64. The molecule has 7 nitrogen and oxygen atoms in total. The number of halogens is 1. The predicted octanol–water partition coefficient (Wildman–Crippen LogP) is 3.69. The molecule has 2 aromatic carbocycles. The molecule has 0 aliphatic rings. The fraction of sp³-hybridized carbons (Fsp3) is 0.143. The molecule has 0 saturated carbocycles. The molecule has 1 amide bonds. The van der Waals surface area contributed by atoms with Gasteiger partial charge in [0.25, 0.3) is 5.91 Å². The van der Waals surface area contributed by atoms with Gasteiger partial charge in [0.05, 0.1) is 17.1 Å². The Morgan fingerprint density at radius 3 is 2.47 bits per heavy atom. The number of hydrogen-bond acceptors (Lipinski definition) is 4. The minimum atomic E-state index is -3.45. The Labute approximate surface area is 180 Å². The zero-order chi connectivity index (χ0) is 21.7. The van der Waals surface area contributed by atoms with E-state index in [9.17, 15) is 13.2 Å². The van der Waals surface area contributed by atoms with Gasteiger partial charge in [-0.05, 0) is 36.8 Å². The monoisotopic (exact) mass is 444 g/mol. The molecule has 9 heteroatoms. The van der Waals surface area contributed by atoms with Crippen LogP contribution < -0.4 is 10.0 Å². The highest BCUT2D eigenvalue weighted by Gasteiger charge is 2.21. The lowest BCUT2D eigenvalue weighted by Crippen LogP contribution is -2.25. The van der Waals surface area contributed by atoms with Gasteiger partial charge in [-0.15, -0.1) is 6.58 Å². The maximum absolute atomic E-state index is 12.8. The van der Waals surface area contributed by atoms with Gasteiger partial charge in [-0.1, -0.05) is 48.0 Å². The zero-order valence-electron chi connectivity index (χ0n) is 16.3. The van der Waals surface area contributed by atoms with Crippen LogP contribution in [-0.2, 0) is 15.8 Å². The van der Waals surface area contributed by atoms with E-state index in [1.54, 1.807) is 31.2 Å². The quantitative estimate of drug-likeness (QED) is 0.518. The van der Waals surface area contributed by atoms with Gasteiger partial charge in [0.1, 0.15) is 10.7 Å². The molecule has 3 aromatic rings. The third-order valence-electron chi connectivity index (χ3n) is 4.25. The van der Waals surface area contributed by atoms with E-state index in [2.05, 4.69) is 21.7 Å². The van der Waals surface area contributed by atoms with Crippen molar-refractivity contribution in [1.29, 1.82) is 0 Å². The van der Waals surface area contributed by atoms with Gasteiger partial charge >= 0.3 is 0 Å². The van der Waals surface area contributed by atoms with E-state index >= 15 is 0 Å². The van der Waals surface area contributed by atoms with Crippen LogP contribution in [0.25, 0.3) is 5.69 Å². The van der Waals surface area contributed by atoms with Crippen molar-refractivity contribution in [1.82, 2.24) is 14.5 Å². The number of aromatic nitrogens is 2. The minimum absolute atomic E-state index is 0.163. The van der Waals surface area contributed by atoms with Crippen molar-refractivity contribution >= 4 is 33.2 Å². The number of nitrogens with one attached hydrogen (secondary N) is 2. The van der Waals surface area contributed by atoms with Crippen LogP contribution in [0.5, 0.6) is 0 Å². The van der Waals surface area contributed by atoms with Gasteiger partial charge in [-0.25, -0.2) is 17.8 Å². The fourth-order valence-corrected chi connectivity index (χ4v) is 4.29. The largest absolute Gasteiger partial charge is 0.322 e. The van der Waals surface area contributed by atoms with Crippen LogP contribution in [0.1, 0.15) is 21.6 Å². The number of amides is 1.